The predicted octanol–water partition coefficient (Wildman–Crippen LogP) is 1.96. The lowest BCUT2D eigenvalue weighted by Gasteiger charge is -2.37. The molecule has 0 aliphatic carbocycles. The number of rotatable bonds is 4. The molecule has 1 aliphatic heterocycles. The molecule has 2 aromatic rings. The Morgan fingerprint density at radius 1 is 1.29 bits per heavy atom. The molecule has 1 saturated heterocycles. The van der Waals surface area contributed by atoms with Gasteiger partial charge in [0.2, 0.25) is 0 Å². The highest BCUT2D eigenvalue weighted by molar-refractivity contribution is 5.82. The van der Waals surface area contributed by atoms with Gasteiger partial charge in [-0.2, -0.15) is 0 Å². The SMILES string of the molecule is CCN(Cc1c[nH]c2ccccc12)C1CNC1. The van der Waals surface area contributed by atoms with Crippen molar-refractivity contribution in [2.24, 2.45) is 0 Å². The molecule has 0 amide bonds. The van der Waals surface area contributed by atoms with Gasteiger partial charge in [-0.25, -0.2) is 0 Å². The molecule has 2 N–H and O–H groups in total. The van der Waals surface area contributed by atoms with Crippen molar-refractivity contribution in [1.29, 1.82) is 0 Å². The van der Waals surface area contributed by atoms with Gasteiger partial charge in [-0.05, 0) is 18.2 Å². The van der Waals surface area contributed by atoms with Crippen LogP contribution in [0.4, 0.5) is 0 Å². The van der Waals surface area contributed by atoms with E-state index in [0.29, 0.717) is 6.04 Å². The summed E-state index contributed by atoms with van der Waals surface area (Å²) in [4.78, 5) is 5.90. The number of para-hydroxylation sites is 1. The van der Waals surface area contributed by atoms with Crippen LogP contribution in [0.25, 0.3) is 10.9 Å². The fraction of sp³-hybridized carbons (Fsp3) is 0.429. The van der Waals surface area contributed by atoms with Crippen LogP contribution >= 0.6 is 0 Å². The Hall–Kier alpha value is -1.32. The Kier molecular flexibility index (Phi) is 2.87. The molecule has 17 heavy (non-hydrogen) atoms. The van der Waals surface area contributed by atoms with Crippen LogP contribution in [0.15, 0.2) is 30.5 Å². The van der Waals surface area contributed by atoms with Gasteiger partial charge in [-0.1, -0.05) is 25.1 Å². The Labute approximate surface area is 102 Å². The minimum Gasteiger partial charge on any atom is -0.361 e. The Bertz CT molecular complexity index is 499. The lowest BCUT2D eigenvalue weighted by molar-refractivity contribution is 0.146. The average Bonchev–Trinajstić information content (AvgIpc) is 2.69. The fourth-order valence-corrected chi connectivity index (χ4v) is 2.51. The van der Waals surface area contributed by atoms with Gasteiger partial charge >= 0.3 is 0 Å². The highest BCUT2D eigenvalue weighted by Gasteiger charge is 2.23. The summed E-state index contributed by atoms with van der Waals surface area (Å²) in [5.41, 5.74) is 2.65. The minimum atomic E-state index is 0.716. The van der Waals surface area contributed by atoms with Crippen LogP contribution in [-0.4, -0.2) is 35.6 Å². The molecular weight excluding hydrogens is 210 g/mol. The zero-order valence-electron chi connectivity index (χ0n) is 10.2. The second kappa shape index (κ2) is 4.51. The fourth-order valence-electron chi connectivity index (χ4n) is 2.51. The van der Waals surface area contributed by atoms with Crippen molar-refractivity contribution in [3.05, 3.63) is 36.0 Å². The third kappa shape index (κ3) is 1.96. The topological polar surface area (TPSA) is 31.1 Å². The summed E-state index contributed by atoms with van der Waals surface area (Å²) >= 11 is 0. The van der Waals surface area contributed by atoms with Gasteiger partial charge in [0.25, 0.3) is 0 Å². The monoisotopic (exact) mass is 229 g/mol. The number of hydrogen-bond acceptors (Lipinski definition) is 2. The zero-order chi connectivity index (χ0) is 11.7. The van der Waals surface area contributed by atoms with E-state index in [9.17, 15) is 0 Å². The van der Waals surface area contributed by atoms with E-state index in [2.05, 4.69) is 52.6 Å². The number of benzene rings is 1. The summed E-state index contributed by atoms with van der Waals surface area (Å²) in [5, 5.41) is 4.70. The number of H-pyrrole nitrogens is 1. The van der Waals surface area contributed by atoms with Crippen LogP contribution in [0.3, 0.4) is 0 Å². The van der Waals surface area contributed by atoms with E-state index in [1.807, 2.05) is 0 Å². The van der Waals surface area contributed by atoms with Crippen LogP contribution in [0.2, 0.25) is 0 Å². The predicted molar refractivity (Wildman–Crippen MR) is 71.0 cm³/mol. The van der Waals surface area contributed by atoms with Crippen molar-refractivity contribution < 1.29 is 0 Å². The summed E-state index contributed by atoms with van der Waals surface area (Å²) in [6.45, 7) is 6.68. The van der Waals surface area contributed by atoms with E-state index in [1.165, 1.54) is 16.5 Å². The molecule has 1 fully saturated rings. The maximum atomic E-state index is 3.35. The highest BCUT2D eigenvalue weighted by Crippen LogP contribution is 2.20. The molecule has 0 atom stereocenters. The standard InChI is InChI=1S/C14H19N3/c1-2-17(12-8-15-9-12)10-11-7-16-14-6-4-3-5-13(11)14/h3-7,12,15-16H,2,8-10H2,1H3. The molecule has 3 rings (SSSR count). The number of aromatic amines is 1. The number of likely N-dealkylation sites (N-methyl/N-ethyl adjacent to an activating group) is 1. The largest absolute Gasteiger partial charge is 0.361 e. The molecule has 0 spiro atoms. The van der Waals surface area contributed by atoms with Gasteiger partial charge in [-0.15, -0.1) is 0 Å². The summed E-state index contributed by atoms with van der Waals surface area (Å²) in [7, 11) is 0. The summed E-state index contributed by atoms with van der Waals surface area (Å²) in [6, 6.07) is 9.25. The van der Waals surface area contributed by atoms with E-state index in [1.54, 1.807) is 0 Å². The van der Waals surface area contributed by atoms with E-state index in [-0.39, 0.29) is 0 Å². The molecule has 0 saturated carbocycles. The first kappa shape index (κ1) is 10.8. The first-order valence-corrected chi connectivity index (χ1v) is 6.38. The van der Waals surface area contributed by atoms with Crippen LogP contribution < -0.4 is 5.32 Å². The quantitative estimate of drug-likeness (QED) is 0.839. The molecular formula is C14H19N3. The minimum absolute atomic E-state index is 0.716. The van der Waals surface area contributed by atoms with E-state index < -0.39 is 0 Å². The van der Waals surface area contributed by atoms with Gasteiger partial charge in [-0.3, -0.25) is 4.90 Å². The molecule has 3 nitrogen and oxygen atoms in total. The molecule has 3 heteroatoms. The van der Waals surface area contributed by atoms with Crippen molar-refractivity contribution in [2.75, 3.05) is 19.6 Å². The first-order valence-electron chi connectivity index (χ1n) is 6.38. The lowest BCUT2D eigenvalue weighted by atomic mass is 10.1. The number of fused-ring (bicyclic) bond motifs is 1. The third-order valence-electron chi connectivity index (χ3n) is 3.73. The average molecular weight is 229 g/mol. The third-order valence-corrected chi connectivity index (χ3v) is 3.73. The summed E-state index contributed by atoms with van der Waals surface area (Å²) in [5.74, 6) is 0. The van der Waals surface area contributed by atoms with Crippen molar-refractivity contribution in [3.8, 4) is 0 Å². The number of hydrogen-bond donors (Lipinski definition) is 2. The number of nitrogens with zero attached hydrogens (tertiary/aromatic N) is 1. The highest BCUT2D eigenvalue weighted by atomic mass is 15.2. The molecule has 90 valence electrons. The van der Waals surface area contributed by atoms with Crippen LogP contribution in [-0.2, 0) is 6.54 Å². The van der Waals surface area contributed by atoms with Gasteiger partial charge in [0.1, 0.15) is 0 Å². The lowest BCUT2D eigenvalue weighted by Crippen LogP contribution is -2.56. The number of nitrogens with one attached hydrogen (secondary N) is 2. The first-order chi connectivity index (χ1) is 8.38. The molecule has 0 unspecified atom stereocenters. The van der Waals surface area contributed by atoms with Crippen molar-refractivity contribution >= 4 is 10.9 Å². The van der Waals surface area contributed by atoms with Gasteiger partial charge in [0, 0.05) is 42.8 Å². The van der Waals surface area contributed by atoms with E-state index in [0.717, 1.165) is 26.2 Å². The molecule has 1 aromatic heterocycles. The van der Waals surface area contributed by atoms with Crippen LogP contribution in [0, 0.1) is 0 Å². The number of aromatic nitrogens is 1. The van der Waals surface area contributed by atoms with Gasteiger partial charge in [0.15, 0.2) is 0 Å². The van der Waals surface area contributed by atoms with Crippen LogP contribution in [0.1, 0.15) is 12.5 Å². The maximum Gasteiger partial charge on any atom is 0.0457 e. The van der Waals surface area contributed by atoms with Crippen molar-refractivity contribution in [3.63, 3.8) is 0 Å². The summed E-state index contributed by atoms with van der Waals surface area (Å²) < 4.78 is 0. The maximum absolute atomic E-state index is 3.35. The molecule has 1 aliphatic rings. The molecule has 2 heterocycles. The Morgan fingerprint density at radius 3 is 2.82 bits per heavy atom. The zero-order valence-corrected chi connectivity index (χ0v) is 10.2. The van der Waals surface area contributed by atoms with Crippen molar-refractivity contribution in [1.82, 2.24) is 15.2 Å². The van der Waals surface area contributed by atoms with Crippen molar-refractivity contribution in [2.45, 2.75) is 19.5 Å². The smallest absolute Gasteiger partial charge is 0.0457 e. The molecule has 1 aromatic carbocycles. The molecule has 0 bridgehead atoms. The Balaban J connectivity index is 1.83. The summed E-state index contributed by atoms with van der Waals surface area (Å²) in [6.07, 6.45) is 2.15. The van der Waals surface area contributed by atoms with Crippen LogP contribution in [0.5, 0.6) is 0 Å². The van der Waals surface area contributed by atoms with E-state index in [4.69, 9.17) is 0 Å². The van der Waals surface area contributed by atoms with Gasteiger partial charge in [0.05, 0.1) is 0 Å². The second-order valence-electron chi connectivity index (χ2n) is 4.73. The van der Waals surface area contributed by atoms with Gasteiger partial charge < -0.3 is 10.3 Å². The Morgan fingerprint density at radius 2 is 2.12 bits per heavy atom. The molecule has 0 radical (unpaired) electrons. The van der Waals surface area contributed by atoms with E-state index >= 15 is 0 Å². The normalized spacial score (nSPS) is 16.6. The second-order valence-corrected chi connectivity index (χ2v) is 4.73.